The number of urea groups is 1. The van der Waals surface area contributed by atoms with Gasteiger partial charge >= 0.3 is 12.2 Å². The van der Waals surface area contributed by atoms with Gasteiger partial charge in [-0.15, -0.1) is 0 Å². The van der Waals surface area contributed by atoms with Gasteiger partial charge in [-0.1, -0.05) is 22.0 Å². The molecule has 0 aliphatic rings. The maximum absolute atomic E-state index is 14.0. The third-order valence-corrected chi connectivity index (χ3v) is 4.53. The van der Waals surface area contributed by atoms with Crippen molar-refractivity contribution in [2.45, 2.75) is 6.18 Å². The third kappa shape index (κ3) is 4.61. The summed E-state index contributed by atoms with van der Waals surface area (Å²) in [6.45, 7) is 0. The van der Waals surface area contributed by atoms with E-state index in [0.29, 0.717) is 6.07 Å². The first-order valence-corrected chi connectivity index (χ1v) is 8.33. The van der Waals surface area contributed by atoms with Gasteiger partial charge in [0.05, 0.1) is 15.7 Å². The van der Waals surface area contributed by atoms with Crippen molar-refractivity contribution in [1.29, 1.82) is 0 Å². The van der Waals surface area contributed by atoms with Crippen molar-refractivity contribution in [1.82, 2.24) is 5.32 Å². The maximum Gasteiger partial charge on any atom is 0.418 e. The van der Waals surface area contributed by atoms with E-state index in [1.807, 2.05) is 0 Å². The summed E-state index contributed by atoms with van der Waals surface area (Å²) < 4.78 is 78.6. The molecule has 3 amide bonds. The Bertz CT molecular complexity index is 913. The fourth-order valence-electron chi connectivity index (χ4n) is 1.99. The predicted molar refractivity (Wildman–Crippen MR) is 89.6 cm³/mol. The first kappa shape index (κ1) is 21.2. The number of amides is 3. The van der Waals surface area contributed by atoms with E-state index < -0.39 is 61.3 Å². The molecule has 27 heavy (non-hydrogen) atoms. The fraction of sp³-hybridized carbons (Fsp3) is 0.0667. The average molecular weight is 520 g/mol. The Morgan fingerprint density at radius 1 is 0.963 bits per heavy atom. The summed E-state index contributed by atoms with van der Waals surface area (Å²) >= 11 is 5.11. The van der Waals surface area contributed by atoms with E-state index in [9.17, 15) is 35.9 Å². The van der Waals surface area contributed by atoms with Crippen LogP contribution in [0.4, 0.5) is 36.8 Å². The number of carbonyl (C=O) groups is 2. The second kappa shape index (κ2) is 7.89. The van der Waals surface area contributed by atoms with Gasteiger partial charge in [0.25, 0.3) is 5.91 Å². The lowest BCUT2D eigenvalue weighted by molar-refractivity contribution is -0.138. The highest BCUT2D eigenvalue weighted by atomic mass is 79.9. The van der Waals surface area contributed by atoms with E-state index in [2.05, 4.69) is 31.9 Å². The van der Waals surface area contributed by atoms with Crippen LogP contribution in [0.25, 0.3) is 0 Å². The van der Waals surface area contributed by atoms with Crippen LogP contribution in [0.3, 0.4) is 0 Å². The molecule has 2 N–H and O–H groups in total. The Balaban J connectivity index is 2.30. The van der Waals surface area contributed by atoms with Gasteiger partial charge in [0.15, 0.2) is 0 Å². The predicted octanol–water partition coefficient (Wildman–Crippen LogP) is 5.61. The lowest BCUT2D eigenvalue weighted by atomic mass is 10.2. The van der Waals surface area contributed by atoms with Gasteiger partial charge in [-0.3, -0.25) is 10.1 Å². The molecule has 0 fully saturated rings. The van der Waals surface area contributed by atoms with Gasteiger partial charge < -0.3 is 5.32 Å². The van der Waals surface area contributed by atoms with E-state index in [1.54, 1.807) is 5.32 Å². The molecule has 0 aliphatic carbocycles. The van der Waals surface area contributed by atoms with Gasteiger partial charge in [0.1, 0.15) is 23.0 Å². The summed E-state index contributed by atoms with van der Waals surface area (Å²) in [7, 11) is 0. The first-order chi connectivity index (χ1) is 12.4. The van der Waals surface area contributed by atoms with Crippen molar-refractivity contribution in [2.75, 3.05) is 5.32 Å². The van der Waals surface area contributed by atoms with E-state index in [0.717, 1.165) is 18.2 Å². The molecule has 4 nitrogen and oxygen atoms in total. The van der Waals surface area contributed by atoms with Crippen molar-refractivity contribution in [2.24, 2.45) is 0 Å². The molecular formula is C15H6Br2F6N2O2. The smallest absolute Gasteiger partial charge is 0.304 e. The monoisotopic (exact) mass is 518 g/mol. The highest BCUT2D eigenvalue weighted by Gasteiger charge is 2.37. The molecule has 2 aromatic rings. The minimum atomic E-state index is -4.90. The lowest BCUT2D eigenvalue weighted by Crippen LogP contribution is -2.35. The molecule has 144 valence electrons. The number of hydrogen-bond acceptors (Lipinski definition) is 2. The van der Waals surface area contributed by atoms with Gasteiger partial charge in [-0.25, -0.2) is 18.0 Å². The molecule has 0 saturated carbocycles. The van der Waals surface area contributed by atoms with Crippen molar-refractivity contribution in [3.05, 3.63) is 61.8 Å². The number of hydrogen-bond donors (Lipinski definition) is 2. The van der Waals surface area contributed by atoms with Crippen LogP contribution in [0.2, 0.25) is 0 Å². The quantitative estimate of drug-likeness (QED) is 0.507. The van der Waals surface area contributed by atoms with Gasteiger partial charge in [-0.2, -0.15) is 13.2 Å². The maximum atomic E-state index is 14.0. The highest BCUT2D eigenvalue weighted by Crippen LogP contribution is 2.44. The van der Waals surface area contributed by atoms with E-state index in [4.69, 9.17) is 0 Å². The number of anilines is 1. The second-order valence-corrected chi connectivity index (χ2v) is 6.55. The number of rotatable bonds is 2. The average Bonchev–Trinajstić information content (AvgIpc) is 2.49. The van der Waals surface area contributed by atoms with E-state index in [1.165, 1.54) is 5.32 Å². The zero-order chi connectivity index (χ0) is 20.5. The van der Waals surface area contributed by atoms with Crippen molar-refractivity contribution in [3.63, 3.8) is 0 Å². The van der Waals surface area contributed by atoms with Gasteiger partial charge in [0.2, 0.25) is 0 Å². The zero-order valence-corrected chi connectivity index (χ0v) is 15.8. The summed E-state index contributed by atoms with van der Waals surface area (Å²) in [5, 5.41) is 3.20. The highest BCUT2D eigenvalue weighted by molar-refractivity contribution is 9.11. The molecule has 0 bridgehead atoms. The SMILES string of the molecule is O=C(NC(=O)c1c(F)cccc1F)Nc1c(F)cc(Br)c(C(F)(F)F)c1Br. The largest absolute Gasteiger partial charge is 0.418 e. The molecular weight excluding hydrogens is 514 g/mol. The van der Waals surface area contributed by atoms with Crippen LogP contribution in [0.5, 0.6) is 0 Å². The Kier molecular flexibility index (Phi) is 6.20. The molecule has 0 aromatic heterocycles. The van der Waals surface area contributed by atoms with E-state index in [-0.39, 0.29) is 0 Å². The third-order valence-electron chi connectivity index (χ3n) is 3.11. The minimum Gasteiger partial charge on any atom is -0.304 e. The molecule has 2 aromatic carbocycles. The fourth-order valence-corrected chi connectivity index (χ4v) is 3.61. The molecule has 0 aliphatic heterocycles. The number of imide groups is 1. The summed E-state index contributed by atoms with van der Waals surface area (Å²) in [5.41, 5.74) is -3.32. The van der Waals surface area contributed by atoms with E-state index >= 15 is 0 Å². The van der Waals surface area contributed by atoms with Crippen molar-refractivity contribution < 1.29 is 35.9 Å². The molecule has 0 unspecified atom stereocenters. The van der Waals surface area contributed by atoms with Crippen LogP contribution >= 0.6 is 31.9 Å². The van der Waals surface area contributed by atoms with Crippen molar-refractivity contribution >= 4 is 49.5 Å². The minimum absolute atomic E-state index is 0.460. The molecule has 12 heteroatoms. The van der Waals surface area contributed by atoms with Crippen LogP contribution in [0.1, 0.15) is 15.9 Å². The number of carbonyl (C=O) groups excluding carboxylic acids is 2. The summed E-state index contributed by atoms with van der Waals surface area (Å²) in [4.78, 5) is 23.6. The number of halogens is 8. The van der Waals surface area contributed by atoms with Gasteiger partial charge in [0, 0.05) is 4.47 Å². The summed E-state index contributed by atoms with van der Waals surface area (Å²) in [5.74, 6) is -5.31. The molecule has 0 radical (unpaired) electrons. The Labute approximate surface area is 164 Å². The molecule has 0 saturated heterocycles. The van der Waals surface area contributed by atoms with Crippen LogP contribution in [-0.2, 0) is 6.18 Å². The topological polar surface area (TPSA) is 58.2 Å². The Hall–Kier alpha value is -2.08. The summed E-state index contributed by atoms with van der Waals surface area (Å²) in [6, 6.07) is 1.46. The standard InChI is InChI=1S/C15H6Br2F6N2O2/c16-5-4-8(20)12(11(17)10(5)15(21,22)23)24-14(27)25-13(26)9-6(18)2-1-3-7(9)19/h1-4H,(H2,24,25,26,27). The van der Waals surface area contributed by atoms with Gasteiger partial charge in [-0.05, 0) is 34.1 Å². The zero-order valence-electron chi connectivity index (χ0n) is 12.6. The van der Waals surface area contributed by atoms with Crippen LogP contribution in [0, 0.1) is 17.5 Å². The van der Waals surface area contributed by atoms with Crippen LogP contribution in [0.15, 0.2) is 33.2 Å². The lowest BCUT2D eigenvalue weighted by Gasteiger charge is -2.16. The van der Waals surface area contributed by atoms with Crippen LogP contribution < -0.4 is 10.6 Å². The molecule has 0 spiro atoms. The first-order valence-electron chi connectivity index (χ1n) is 6.74. The summed E-state index contributed by atoms with van der Waals surface area (Å²) in [6.07, 6.45) is -4.90. The molecule has 2 rings (SSSR count). The number of nitrogens with one attached hydrogen (secondary N) is 2. The Morgan fingerprint density at radius 3 is 2.04 bits per heavy atom. The second-order valence-electron chi connectivity index (χ2n) is 4.91. The molecule has 0 heterocycles. The molecule has 0 atom stereocenters. The number of benzene rings is 2. The number of alkyl halides is 3. The Morgan fingerprint density at radius 2 is 1.52 bits per heavy atom. The van der Waals surface area contributed by atoms with Crippen LogP contribution in [-0.4, -0.2) is 11.9 Å². The normalized spacial score (nSPS) is 11.3. The van der Waals surface area contributed by atoms with Crippen molar-refractivity contribution in [3.8, 4) is 0 Å².